The maximum absolute atomic E-state index is 12.6. The van der Waals surface area contributed by atoms with E-state index in [9.17, 15) is 18.5 Å². The molecule has 1 aliphatic rings. The highest BCUT2D eigenvalue weighted by Gasteiger charge is 2.31. The zero-order valence-corrected chi connectivity index (χ0v) is 12.6. The molecule has 0 unspecified atom stereocenters. The van der Waals surface area contributed by atoms with Gasteiger partial charge in [-0.1, -0.05) is 0 Å². The summed E-state index contributed by atoms with van der Waals surface area (Å²) in [6, 6.07) is 3.57. The second-order valence-corrected chi connectivity index (χ2v) is 6.72. The van der Waals surface area contributed by atoms with Gasteiger partial charge in [0.1, 0.15) is 10.6 Å². The Morgan fingerprint density at radius 2 is 2.19 bits per heavy atom. The van der Waals surface area contributed by atoms with Gasteiger partial charge in [0.25, 0.3) is 5.69 Å². The summed E-state index contributed by atoms with van der Waals surface area (Å²) in [5, 5.41) is 13.9. The van der Waals surface area contributed by atoms with Crippen LogP contribution >= 0.6 is 0 Å². The van der Waals surface area contributed by atoms with E-state index in [1.165, 1.54) is 23.5 Å². The summed E-state index contributed by atoms with van der Waals surface area (Å²) in [5.74, 6) is -0.0182. The van der Waals surface area contributed by atoms with Gasteiger partial charge in [-0.15, -0.1) is 0 Å². The largest absolute Gasteiger partial charge is 0.495 e. The number of methoxy groups -OCH3 is 1. The van der Waals surface area contributed by atoms with Crippen LogP contribution in [0.15, 0.2) is 23.1 Å². The summed E-state index contributed by atoms with van der Waals surface area (Å²) in [6.45, 7) is 3.17. The Morgan fingerprint density at radius 1 is 1.48 bits per heavy atom. The third kappa shape index (κ3) is 3.14. The summed E-state index contributed by atoms with van der Waals surface area (Å²) >= 11 is 0. The van der Waals surface area contributed by atoms with Crippen LogP contribution in [-0.4, -0.2) is 50.4 Å². The van der Waals surface area contributed by atoms with Crippen molar-refractivity contribution in [1.29, 1.82) is 0 Å². The zero-order chi connectivity index (χ0) is 15.6. The van der Waals surface area contributed by atoms with Crippen molar-refractivity contribution in [1.82, 2.24) is 9.62 Å². The van der Waals surface area contributed by atoms with Crippen LogP contribution in [0.5, 0.6) is 5.75 Å². The minimum Gasteiger partial charge on any atom is -0.495 e. The highest BCUT2D eigenvalue weighted by atomic mass is 32.2. The van der Waals surface area contributed by atoms with Gasteiger partial charge in [-0.3, -0.25) is 10.1 Å². The van der Waals surface area contributed by atoms with Gasteiger partial charge < -0.3 is 10.1 Å². The van der Waals surface area contributed by atoms with Crippen molar-refractivity contribution >= 4 is 15.7 Å². The quantitative estimate of drug-likeness (QED) is 0.644. The van der Waals surface area contributed by atoms with Gasteiger partial charge in [-0.25, -0.2) is 8.42 Å². The minimum atomic E-state index is -3.73. The van der Waals surface area contributed by atoms with E-state index in [0.717, 1.165) is 6.07 Å². The van der Waals surface area contributed by atoms with Crippen LogP contribution in [-0.2, 0) is 10.0 Å². The van der Waals surface area contributed by atoms with Gasteiger partial charge in [-0.05, 0) is 13.0 Å². The molecule has 0 aromatic heterocycles. The first-order chi connectivity index (χ1) is 9.86. The predicted molar refractivity (Wildman–Crippen MR) is 75.9 cm³/mol. The molecule has 1 saturated heterocycles. The van der Waals surface area contributed by atoms with Gasteiger partial charge in [-0.2, -0.15) is 4.31 Å². The number of non-ortho nitro benzene ring substituents is 1. The monoisotopic (exact) mass is 315 g/mol. The standard InChI is InChI=1S/C12H17N3O5S/c1-9-8-14(6-5-13-9)21(18,19)12-4-3-10(15(16)17)7-11(12)20-2/h3-4,7,9,13H,5-6,8H2,1-2H3/t9-/m0/s1. The van der Waals surface area contributed by atoms with E-state index in [2.05, 4.69) is 5.32 Å². The van der Waals surface area contributed by atoms with Crippen molar-refractivity contribution in [3.63, 3.8) is 0 Å². The van der Waals surface area contributed by atoms with Crippen LogP contribution in [0.4, 0.5) is 5.69 Å². The number of hydrogen-bond acceptors (Lipinski definition) is 6. The highest BCUT2D eigenvalue weighted by molar-refractivity contribution is 7.89. The lowest BCUT2D eigenvalue weighted by atomic mass is 10.3. The Labute approximate surface area is 122 Å². The van der Waals surface area contributed by atoms with Gasteiger partial charge in [0.2, 0.25) is 10.0 Å². The third-order valence-electron chi connectivity index (χ3n) is 3.31. The molecule has 1 heterocycles. The number of nitro groups is 1. The van der Waals surface area contributed by atoms with Gasteiger partial charge in [0.15, 0.2) is 0 Å². The number of rotatable bonds is 4. The molecule has 1 atom stereocenters. The fourth-order valence-corrected chi connectivity index (χ4v) is 3.90. The van der Waals surface area contributed by atoms with Gasteiger partial charge in [0, 0.05) is 31.7 Å². The molecule has 0 saturated carbocycles. The van der Waals surface area contributed by atoms with Crippen molar-refractivity contribution in [3.8, 4) is 5.75 Å². The Kier molecular flexibility index (Phi) is 4.45. The van der Waals surface area contributed by atoms with E-state index in [0.29, 0.717) is 19.6 Å². The smallest absolute Gasteiger partial charge is 0.273 e. The molecule has 8 nitrogen and oxygen atoms in total. The molecule has 2 rings (SSSR count). The summed E-state index contributed by atoms with van der Waals surface area (Å²) in [4.78, 5) is 10.1. The van der Waals surface area contributed by atoms with E-state index in [-0.39, 0.29) is 22.4 Å². The topological polar surface area (TPSA) is 102 Å². The first-order valence-electron chi connectivity index (χ1n) is 6.42. The average molecular weight is 315 g/mol. The molecule has 0 aliphatic carbocycles. The van der Waals surface area contributed by atoms with Crippen LogP contribution in [0, 0.1) is 10.1 Å². The third-order valence-corrected chi connectivity index (χ3v) is 5.21. The van der Waals surface area contributed by atoms with E-state index >= 15 is 0 Å². The molecule has 1 aromatic carbocycles. The fraction of sp³-hybridized carbons (Fsp3) is 0.500. The maximum Gasteiger partial charge on any atom is 0.273 e. The van der Waals surface area contributed by atoms with Gasteiger partial charge >= 0.3 is 0 Å². The molecule has 0 amide bonds. The van der Waals surface area contributed by atoms with E-state index in [1.54, 1.807) is 0 Å². The molecular weight excluding hydrogens is 298 g/mol. The molecule has 1 fully saturated rings. The number of sulfonamides is 1. The van der Waals surface area contributed by atoms with E-state index < -0.39 is 14.9 Å². The lowest BCUT2D eigenvalue weighted by molar-refractivity contribution is -0.385. The second-order valence-electron chi connectivity index (χ2n) is 4.81. The number of ether oxygens (including phenoxy) is 1. The van der Waals surface area contributed by atoms with Crippen molar-refractivity contribution in [3.05, 3.63) is 28.3 Å². The van der Waals surface area contributed by atoms with E-state index in [1.807, 2.05) is 6.92 Å². The average Bonchev–Trinajstić information content (AvgIpc) is 2.46. The highest BCUT2D eigenvalue weighted by Crippen LogP contribution is 2.30. The molecule has 21 heavy (non-hydrogen) atoms. The number of nitrogens with zero attached hydrogens (tertiary/aromatic N) is 2. The van der Waals surface area contributed by atoms with Crippen LogP contribution in [0.3, 0.4) is 0 Å². The maximum atomic E-state index is 12.6. The molecule has 1 N–H and O–H groups in total. The van der Waals surface area contributed by atoms with Crippen molar-refractivity contribution in [2.45, 2.75) is 17.9 Å². The lowest BCUT2D eigenvalue weighted by Crippen LogP contribution is -2.51. The molecule has 0 bridgehead atoms. The Bertz CT molecular complexity index is 646. The van der Waals surface area contributed by atoms with E-state index in [4.69, 9.17) is 4.74 Å². The Morgan fingerprint density at radius 3 is 2.76 bits per heavy atom. The Balaban J connectivity index is 2.42. The fourth-order valence-electron chi connectivity index (χ4n) is 2.24. The lowest BCUT2D eigenvalue weighted by Gasteiger charge is -2.31. The SMILES string of the molecule is COc1cc([N+](=O)[O-])ccc1S(=O)(=O)N1CCN[C@@H](C)C1. The van der Waals surface area contributed by atoms with Crippen molar-refractivity contribution in [2.24, 2.45) is 0 Å². The molecule has 9 heteroatoms. The second kappa shape index (κ2) is 5.96. The summed E-state index contributed by atoms with van der Waals surface area (Å²) in [6.07, 6.45) is 0. The molecular formula is C12H17N3O5S. The van der Waals surface area contributed by atoms with Crippen molar-refractivity contribution in [2.75, 3.05) is 26.7 Å². The predicted octanol–water partition coefficient (Wildman–Crippen LogP) is 0.586. The number of hydrogen-bond donors (Lipinski definition) is 1. The van der Waals surface area contributed by atoms with Gasteiger partial charge in [0.05, 0.1) is 18.1 Å². The van der Waals surface area contributed by atoms with Crippen LogP contribution in [0.1, 0.15) is 6.92 Å². The normalized spacial score (nSPS) is 20.2. The zero-order valence-electron chi connectivity index (χ0n) is 11.8. The minimum absolute atomic E-state index is 0.0182. The molecule has 1 aliphatic heterocycles. The van der Waals surface area contributed by atoms with Crippen LogP contribution in [0.2, 0.25) is 0 Å². The molecule has 116 valence electrons. The summed E-state index contributed by atoms with van der Waals surface area (Å²) in [7, 11) is -2.44. The summed E-state index contributed by atoms with van der Waals surface area (Å²) < 4.78 is 31.7. The first-order valence-corrected chi connectivity index (χ1v) is 7.86. The summed E-state index contributed by atoms with van der Waals surface area (Å²) in [5.41, 5.74) is -0.209. The van der Waals surface area contributed by atoms with Crippen LogP contribution < -0.4 is 10.1 Å². The Hall–Kier alpha value is -1.71. The van der Waals surface area contributed by atoms with Crippen LogP contribution in [0.25, 0.3) is 0 Å². The first kappa shape index (κ1) is 15.7. The number of nitrogens with one attached hydrogen (secondary N) is 1. The van der Waals surface area contributed by atoms with Crippen molar-refractivity contribution < 1.29 is 18.1 Å². The number of nitro benzene ring substituents is 1. The number of benzene rings is 1. The molecule has 0 spiro atoms. The molecule has 1 aromatic rings. The molecule has 0 radical (unpaired) electrons. The number of piperazine rings is 1.